The number of nitriles is 1. The van der Waals surface area contributed by atoms with E-state index in [4.69, 9.17) is 5.26 Å². The van der Waals surface area contributed by atoms with Crippen LogP contribution in [0.3, 0.4) is 0 Å². The first-order valence-corrected chi connectivity index (χ1v) is 14.0. The number of aliphatic hydroxyl groups is 1. The number of anilines is 1. The zero-order valence-corrected chi connectivity index (χ0v) is 21.7. The van der Waals surface area contributed by atoms with E-state index >= 15 is 0 Å². The summed E-state index contributed by atoms with van der Waals surface area (Å²) in [4.78, 5) is 12.4. The van der Waals surface area contributed by atoms with E-state index in [1.807, 2.05) is 0 Å². The summed E-state index contributed by atoms with van der Waals surface area (Å²) in [6.45, 7) is 3.46. The molecule has 0 aliphatic heterocycles. The maximum atomic E-state index is 13.1. The van der Waals surface area contributed by atoms with E-state index < -0.39 is 40.0 Å². The fraction of sp³-hybridized carbons (Fsp3) is 0.692. The van der Waals surface area contributed by atoms with Crippen molar-refractivity contribution in [1.29, 1.82) is 5.26 Å². The fourth-order valence-electron chi connectivity index (χ4n) is 3.71. The highest BCUT2D eigenvalue weighted by molar-refractivity contribution is 7.91. The van der Waals surface area contributed by atoms with Gasteiger partial charge in [0.05, 0.1) is 17.2 Å². The highest BCUT2D eigenvalue weighted by atomic mass is 32.2. The molecule has 0 aromatic heterocycles. The van der Waals surface area contributed by atoms with Gasteiger partial charge in [-0.3, -0.25) is 4.79 Å². The molecule has 0 aliphatic rings. The van der Waals surface area contributed by atoms with Crippen LogP contribution in [0.25, 0.3) is 0 Å². The highest BCUT2D eigenvalue weighted by Gasteiger charge is 2.35. The van der Waals surface area contributed by atoms with Crippen LogP contribution in [-0.4, -0.2) is 32.7 Å². The molecule has 0 radical (unpaired) electrons. The number of alkyl halides is 3. The molecule has 0 heterocycles. The lowest BCUT2D eigenvalue weighted by atomic mass is 9.96. The number of halogens is 3. The highest BCUT2D eigenvalue weighted by Crippen LogP contribution is 2.33. The molecule has 0 fully saturated rings. The Morgan fingerprint density at radius 2 is 1.57 bits per heavy atom. The van der Waals surface area contributed by atoms with Crippen LogP contribution < -0.4 is 5.32 Å². The van der Waals surface area contributed by atoms with E-state index in [0.29, 0.717) is 12.5 Å². The first-order valence-electron chi connectivity index (χ1n) is 12.5. The molecule has 5 nitrogen and oxygen atoms in total. The number of unbranched alkanes of at least 4 members (excludes halogenated alkanes) is 9. The van der Waals surface area contributed by atoms with Crippen molar-refractivity contribution in [2.24, 2.45) is 0 Å². The van der Waals surface area contributed by atoms with Crippen molar-refractivity contribution in [1.82, 2.24) is 0 Å². The Morgan fingerprint density at radius 1 is 1.03 bits per heavy atom. The molecule has 0 aliphatic carbocycles. The maximum absolute atomic E-state index is 13.1. The average Bonchev–Trinajstić information content (AvgIpc) is 2.80. The Kier molecular flexibility index (Phi) is 14.4. The number of benzene rings is 1. The second kappa shape index (κ2) is 16.1. The number of carbonyl (C=O) groups excluding carboxylic acids is 1. The van der Waals surface area contributed by atoms with Gasteiger partial charge in [0.1, 0.15) is 17.1 Å². The molecule has 2 N–H and O–H groups in total. The predicted molar refractivity (Wildman–Crippen MR) is 134 cm³/mol. The van der Waals surface area contributed by atoms with E-state index in [0.717, 1.165) is 81.8 Å². The van der Waals surface area contributed by atoms with Crippen LogP contribution in [-0.2, 0) is 22.1 Å². The topological polar surface area (TPSA) is 96.2 Å². The molecule has 9 heteroatoms. The number of rotatable bonds is 17. The second-order valence-electron chi connectivity index (χ2n) is 9.23. The summed E-state index contributed by atoms with van der Waals surface area (Å²) in [6, 6.07) is 4.42. The van der Waals surface area contributed by atoms with Gasteiger partial charge in [-0.05, 0) is 50.8 Å². The maximum Gasteiger partial charge on any atom is 0.417 e. The number of hydrogen-bond donors (Lipinski definition) is 2. The Morgan fingerprint density at radius 3 is 2.11 bits per heavy atom. The van der Waals surface area contributed by atoms with Crippen molar-refractivity contribution in [2.45, 2.75) is 103 Å². The van der Waals surface area contributed by atoms with Gasteiger partial charge in [0.25, 0.3) is 5.91 Å². The standard InChI is InChI=1S/C26H39F3N2O3S/c1-3-4-17-35(34)18-13-11-9-7-5-6-8-10-12-16-25(2,33)24(32)31-22-15-14-21(20-30)23(19-22)26(27,28)29/h14-15,19,33H,3-13,16-18H2,1-2H3,(H,31,32)/t25-,35?/m0/s1. The van der Waals surface area contributed by atoms with Crippen molar-refractivity contribution in [2.75, 3.05) is 16.8 Å². The summed E-state index contributed by atoms with van der Waals surface area (Å²) in [5, 5.41) is 21.7. The van der Waals surface area contributed by atoms with E-state index in [2.05, 4.69) is 12.2 Å². The SMILES string of the molecule is CCCC[S+]([O-])CCCCCCCCCCC[C@](C)(O)C(=O)Nc1ccc(C#N)c(C(F)(F)F)c1. The molecule has 0 saturated carbocycles. The molecular weight excluding hydrogens is 477 g/mol. The molecule has 0 bridgehead atoms. The van der Waals surface area contributed by atoms with Crippen molar-refractivity contribution < 1.29 is 27.6 Å². The van der Waals surface area contributed by atoms with Gasteiger partial charge in [0.15, 0.2) is 0 Å². The second-order valence-corrected chi connectivity index (χ2v) is 10.9. The largest absolute Gasteiger partial charge is 0.616 e. The zero-order chi connectivity index (χ0) is 26.3. The van der Waals surface area contributed by atoms with Crippen molar-refractivity contribution >= 4 is 22.8 Å². The van der Waals surface area contributed by atoms with E-state index in [1.54, 1.807) is 0 Å². The third-order valence-corrected chi connectivity index (χ3v) is 7.44. The van der Waals surface area contributed by atoms with Gasteiger partial charge in [0.2, 0.25) is 0 Å². The van der Waals surface area contributed by atoms with Crippen molar-refractivity contribution in [3.8, 4) is 6.07 Å². The van der Waals surface area contributed by atoms with Crippen LogP contribution in [0.2, 0.25) is 0 Å². The first kappa shape index (κ1) is 31.3. The summed E-state index contributed by atoms with van der Waals surface area (Å²) in [6.07, 6.45) is 6.69. The number of hydrogen-bond acceptors (Lipinski definition) is 4. The van der Waals surface area contributed by atoms with Gasteiger partial charge in [-0.1, -0.05) is 69.5 Å². The molecule has 0 saturated heterocycles. The van der Waals surface area contributed by atoms with Gasteiger partial charge in [-0.2, -0.15) is 18.4 Å². The normalized spacial score (nSPS) is 14.2. The van der Waals surface area contributed by atoms with E-state index in [-0.39, 0.29) is 12.1 Å². The van der Waals surface area contributed by atoms with Crippen LogP contribution in [0, 0.1) is 11.3 Å². The van der Waals surface area contributed by atoms with Crippen LogP contribution in [0.1, 0.15) is 102 Å². The van der Waals surface area contributed by atoms with Crippen molar-refractivity contribution in [3.05, 3.63) is 29.3 Å². The zero-order valence-electron chi connectivity index (χ0n) is 20.9. The van der Waals surface area contributed by atoms with Crippen LogP contribution in [0.5, 0.6) is 0 Å². The van der Waals surface area contributed by atoms with Gasteiger partial charge in [-0.25, -0.2) is 0 Å². The third-order valence-electron chi connectivity index (χ3n) is 5.95. The summed E-state index contributed by atoms with van der Waals surface area (Å²) < 4.78 is 51.0. The van der Waals surface area contributed by atoms with E-state index in [1.165, 1.54) is 19.1 Å². The molecule has 2 atom stereocenters. The minimum atomic E-state index is -4.72. The molecule has 1 aromatic rings. The quantitative estimate of drug-likeness (QED) is 0.177. The van der Waals surface area contributed by atoms with Gasteiger partial charge >= 0.3 is 6.18 Å². The Labute approximate surface area is 210 Å². The number of amides is 1. The van der Waals surface area contributed by atoms with Crippen molar-refractivity contribution in [3.63, 3.8) is 0 Å². The van der Waals surface area contributed by atoms with Gasteiger partial charge in [0, 0.05) is 5.69 Å². The Hall–Kier alpha value is -1.76. The third kappa shape index (κ3) is 12.7. The minimum absolute atomic E-state index is 0.117. The molecule has 1 unspecified atom stereocenters. The minimum Gasteiger partial charge on any atom is -0.616 e. The van der Waals surface area contributed by atoms with Crippen LogP contribution in [0.15, 0.2) is 18.2 Å². The predicted octanol–water partition coefficient (Wildman–Crippen LogP) is 6.72. The van der Waals surface area contributed by atoms with Crippen LogP contribution in [0.4, 0.5) is 18.9 Å². The number of nitrogens with zero attached hydrogens (tertiary/aromatic N) is 1. The molecule has 0 spiro atoms. The van der Waals surface area contributed by atoms with Gasteiger partial charge < -0.3 is 15.0 Å². The summed E-state index contributed by atoms with van der Waals surface area (Å²) in [5.74, 6) is 0.854. The average molecular weight is 517 g/mol. The molecule has 1 aromatic carbocycles. The number of carbonyl (C=O) groups is 1. The summed E-state index contributed by atoms with van der Waals surface area (Å²) in [7, 11) is 0. The molecule has 1 amide bonds. The monoisotopic (exact) mass is 516 g/mol. The van der Waals surface area contributed by atoms with Gasteiger partial charge in [-0.15, -0.1) is 0 Å². The summed E-state index contributed by atoms with van der Waals surface area (Å²) >= 11 is -0.667. The first-order chi connectivity index (χ1) is 16.5. The molecule has 198 valence electrons. The number of nitrogens with one attached hydrogen (secondary N) is 1. The fourth-order valence-corrected chi connectivity index (χ4v) is 5.05. The molecular formula is C26H39F3N2O3S. The van der Waals surface area contributed by atoms with Crippen LogP contribution >= 0.6 is 0 Å². The van der Waals surface area contributed by atoms with E-state index in [9.17, 15) is 27.6 Å². The molecule has 35 heavy (non-hydrogen) atoms. The lowest BCUT2D eigenvalue weighted by molar-refractivity contribution is -0.138. The lowest BCUT2D eigenvalue weighted by Gasteiger charge is -2.22. The lowest BCUT2D eigenvalue weighted by Crippen LogP contribution is -2.40. The Balaban J connectivity index is 2.24. The smallest absolute Gasteiger partial charge is 0.417 e. The molecule has 1 rings (SSSR count). The summed E-state index contributed by atoms with van der Waals surface area (Å²) in [5.41, 5.74) is -3.47. The Bertz CT molecular complexity index is 810.